The molecule has 17 heavy (non-hydrogen) atoms. The maximum atomic E-state index is 3.51. The monoisotopic (exact) mass is 225 g/mol. The van der Waals surface area contributed by atoms with Crippen molar-refractivity contribution in [3.8, 4) is 0 Å². The molecule has 1 heterocycles. The van der Waals surface area contributed by atoms with Crippen LogP contribution < -0.4 is 5.32 Å². The Morgan fingerprint density at radius 1 is 1.06 bits per heavy atom. The van der Waals surface area contributed by atoms with E-state index in [0.29, 0.717) is 11.3 Å². The summed E-state index contributed by atoms with van der Waals surface area (Å²) in [5.74, 6) is 0.632. The first kappa shape index (κ1) is 10.8. The maximum absolute atomic E-state index is 3.51. The minimum absolute atomic E-state index is 0.364. The SMILES string of the molecule is CC1(C)CNC[C@@H]1c1ccc2ccccc2c1. The zero-order chi connectivity index (χ0) is 11.9. The zero-order valence-electron chi connectivity index (χ0n) is 10.5. The van der Waals surface area contributed by atoms with Gasteiger partial charge in [0.2, 0.25) is 0 Å². The number of hydrogen-bond donors (Lipinski definition) is 1. The first-order valence-electron chi connectivity index (χ1n) is 6.36. The van der Waals surface area contributed by atoms with Crippen molar-refractivity contribution in [2.75, 3.05) is 13.1 Å². The molecule has 2 aromatic rings. The molecule has 1 atom stereocenters. The second-order valence-corrected chi connectivity index (χ2v) is 5.78. The highest BCUT2D eigenvalue weighted by molar-refractivity contribution is 5.83. The van der Waals surface area contributed by atoms with Crippen LogP contribution in [0.3, 0.4) is 0 Å². The summed E-state index contributed by atoms with van der Waals surface area (Å²) in [5, 5.41) is 6.20. The van der Waals surface area contributed by atoms with Crippen LogP contribution >= 0.6 is 0 Å². The number of hydrogen-bond acceptors (Lipinski definition) is 1. The Labute approximate surface area is 103 Å². The summed E-state index contributed by atoms with van der Waals surface area (Å²) in [5.41, 5.74) is 1.83. The third kappa shape index (κ3) is 1.85. The fourth-order valence-corrected chi connectivity index (χ4v) is 2.93. The standard InChI is InChI=1S/C16H19N/c1-16(2)11-17-10-15(16)14-8-7-12-5-3-4-6-13(12)9-14/h3-9,15,17H,10-11H2,1-2H3/t15-/m1/s1. The lowest BCUT2D eigenvalue weighted by Crippen LogP contribution is -2.20. The predicted molar refractivity (Wildman–Crippen MR) is 73.3 cm³/mol. The Morgan fingerprint density at radius 3 is 2.53 bits per heavy atom. The van der Waals surface area contributed by atoms with Gasteiger partial charge in [0.1, 0.15) is 0 Å². The van der Waals surface area contributed by atoms with Gasteiger partial charge in [-0.2, -0.15) is 0 Å². The summed E-state index contributed by atoms with van der Waals surface area (Å²) in [6, 6.07) is 15.5. The quantitative estimate of drug-likeness (QED) is 0.782. The van der Waals surface area contributed by atoms with Gasteiger partial charge in [0, 0.05) is 19.0 Å². The number of fused-ring (bicyclic) bond motifs is 1. The average molecular weight is 225 g/mol. The van der Waals surface area contributed by atoms with Crippen molar-refractivity contribution in [1.82, 2.24) is 5.32 Å². The predicted octanol–water partition coefficient (Wildman–Crippen LogP) is 3.55. The molecule has 88 valence electrons. The largest absolute Gasteiger partial charge is 0.316 e. The lowest BCUT2D eigenvalue weighted by molar-refractivity contribution is 0.363. The molecule has 1 N–H and O–H groups in total. The van der Waals surface area contributed by atoms with Crippen molar-refractivity contribution < 1.29 is 0 Å². The van der Waals surface area contributed by atoms with E-state index in [1.165, 1.54) is 16.3 Å². The molecule has 0 aromatic heterocycles. The van der Waals surface area contributed by atoms with Gasteiger partial charge in [-0.05, 0) is 21.8 Å². The Hall–Kier alpha value is -1.34. The van der Waals surface area contributed by atoms with Gasteiger partial charge in [0.25, 0.3) is 0 Å². The van der Waals surface area contributed by atoms with Gasteiger partial charge >= 0.3 is 0 Å². The highest BCUT2D eigenvalue weighted by Gasteiger charge is 2.35. The van der Waals surface area contributed by atoms with Crippen molar-refractivity contribution in [3.05, 3.63) is 48.0 Å². The maximum Gasteiger partial charge on any atom is 0.00270 e. The molecule has 0 unspecified atom stereocenters. The second-order valence-electron chi connectivity index (χ2n) is 5.78. The van der Waals surface area contributed by atoms with Crippen molar-refractivity contribution in [3.63, 3.8) is 0 Å². The molecular weight excluding hydrogens is 206 g/mol. The van der Waals surface area contributed by atoms with E-state index < -0.39 is 0 Å². The van der Waals surface area contributed by atoms with E-state index in [1.807, 2.05) is 0 Å². The summed E-state index contributed by atoms with van der Waals surface area (Å²) >= 11 is 0. The van der Waals surface area contributed by atoms with Crippen LogP contribution in [0.25, 0.3) is 10.8 Å². The van der Waals surface area contributed by atoms with Crippen LogP contribution in [0.15, 0.2) is 42.5 Å². The first-order valence-corrected chi connectivity index (χ1v) is 6.36. The summed E-state index contributed by atoms with van der Waals surface area (Å²) in [4.78, 5) is 0. The van der Waals surface area contributed by atoms with Gasteiger partial charge in [-0.25, -0.2) is 0 Å². The lowest BCUT2D eigenvalue weighted by Gasteiger charge is -2.26. The zero-order valence-corrected chi connectivity index (χ0v) is 10.5. The summed E-state index contributed by atoms with van der Waals surface area (Å²) in [6.45, 7) is 6.93. The third-order valence-corrected chi connectivity index (χ3v) is 4.05. The van der Waals surface area contributed by atoms with Crippen LogP contribution in [0.5, 0.6) is 0 Å². The molecule has 0 bridgehead atoms. The minimum Gasteiger partial charge on any atom is -0.316 e. The van der Waals surface area contributed by atoms with E-state index in [0.717, 1.165) is 13.1 Å². The fourth-order valence-electron chi connectivity index (χ4n) is 2.93. The van der Waals surface area contributed by atoms with E-state index in [-0.39, 0.29) is 0 Å². The van der Waals surface area contributed by atoms with Gasteiger partial charge in [0.05, 0.1) is 0 Å². The molecule has 1 aliphatic heterocycles. The smallest absolute Gasteiger partial charge is 0.00270 e. The van der Waals surface area contributed by atoms with E-state index in [2.05, 4.69) is 61.6 Å². The van der Waals surface area contributed by atoms with Gasteiger partial charge in [-0.3, -0.25) is 0 Å². The Morgan fingerprint density at radius 2 is 1.82 bits per heavy atom. The van der Waals surface area contributed by atoms with Crippen molar-refractivity contribution >= 4 is 10.8 Å². The summed E-state index contributed by atoms with van der Waals surface area (Å²) < 4.78 is 0. The van der Waals surface area contributed by atoms with Crippen LogP contribution in [0.2, 0.25) is 0 Å². The molecule has 0 radical (unpaired) electrons. The Balaban J connectivity index is 2.06. The molecule has 1 aliphatic rings. The number of benzene rings is 2. The van der Waals surface area contributed by atoms with E-state index in [9.17, 15) is 0 Å². The number of rotatable bonds is 1. The van der Waals surface area contributed by atoms with E-state index >= 15 is 0 Å². The van der Waals surface area contributed by atoms with Crippen LogP contribution in [-0.2, 0) is 0 Å². The third-order valence-electron chi connectivity index (χ3n) is 4.05. The van der Waals surface area contributed by atoms with Crippen molar-refractivity contribution in [2.24, 2.45) is 5.41 Å². The Bertz CT molecular complexity index is 542. The number of nitrogens with one attached hydrogen (secondary N) is 1. The normalized spacial score (nSPS) is 23.1. The minimum atomic E-state index is 0.364. The molecule has 0 spiro atoms. The van der Waals surface area contributed by atoms with Crippen LogP contribution in [0.1, 0.15) is 25.3 Å². The molecule has 1 saturated heterocycles. The molecular formula is C16H19N. The lowest BCUT2D eigenvalue weighted by atomic mass is 9.77. The molecule has 0 saturated carbocycles. The second kappa shape index (κ2) is 3.85. The fraction of sp³-hybridized carbons (Fsp3) is 0.375. The summed E-state index contributed by atoms with van der Waals surface area (Å²) in [7, 11) is 0. The van der Waals surface area contributed by atoms with Gasteiger partial charge in [-0.15, -0.1) is 0 Å². The molecule has 0 aliphatic carbocycles. The highest BCUT2D eigenvalue weighted by atomic mass is 14.9. The topological polar surface area (TPSA) is 12.0 Å². The molecule has 1 fully saturated rings. The molecule has 1 nitrogen and oxygen atoms in total. The Kier molecular flexibility index (Phi) is 2.44. The van der Waals surface area contributed by atoms with Crippen LogP contribution in [0.4, 0.5) is 0 Å². The van der Waals surface area contributed by atoms with Crippen molar-refractivity contribution in [1.29, 1.82) is 0 Å². The van der Waals surface area contributed by atoms with Crippen LogP contribution in [0, 0.1) is 5.41 Å². The van der Waals surface area contributed by atoms with Gasteiger partial charge in [-0.1, -0.05) is 56.3 Å². The summed E-state index contributed by atoms with van der Waals surface area (Å²) in [6.07, 6.45) is 0. The van der Waals surface area contributed by atoms with Crippen molar-refractivity contribution in [2.45, 2.75) is 19.8 Å². The molecule has 0 amide bonds. The molecule has 2 aromatic carbocycles. The first-order chi connectivity index (χ1) is 8.17. The van der Waals surface area contributed by atoms with Gasteiger partial charge in [0.15, 0.2) is 0 Å². The highest BCUT2D eigenvalue weighted by Crippen LogP contribution is 2.39. The van der Waals surface area contributed by atoms with Gasteiger partial charge < -0.3 is 5.32 Å². The molecule has 3 rings (SSSR count). The van der Waals surface area contributed by atoms with Crippen LogP contribution in [-0.4, -0.2) is 13.1 Å². The molecule has 1 heteroatoms. The average Bonchev–Trinajstić information content (AvgIpc) is 2.68. The van der Waals surface area contributed by atoms with E-state index in [4.69, 9.17) is 0 Å². The van der Waals surface area contributed by atoms with E-state index in [1.54, 1.807) is 0 Å².